The monoisotopic (exact) mass is 495 g/mol. The van der Waals surface area contributed by atoms with E-state index in [4.69, 9.17) is 9.31 Å². The van der Waals surface area contributed by atoms with E-state index in [0.717, 1.165) is 11.1 Å². The summed E-state index contributed by atoms with van der Waals surface area (Å²) in [6, 6.07) is 7.94. The molecule has 0 unspecified atom stereocenters. The Morgan fingerprint density at radius 2 is 1.42 bits per heavy atom. The molecule has 2 aromatic rings. The normalized spacial score (nSPS) is 14.6. The fraction of sp³-hybridized carbons (Fsp3) is 0.273. The van der Waals surface area contributed by atoms with Gasteiger partial charge in [0.25, 0.3) is 11.8 Å². The third-order valence-electron chi connectivity index (χ3n) is 5.89. The van der Waals surface area contributed by atoms with Crippen molar-refractivity contribution in [2.45, 2.75) is 25.7 Å². The largest absolute Gasteiger partial charge is 0.491 e. The maximum Gasteiger partial charge on any atom is 0.491 e. The molecule has 0 saturated heterocycles. The van der Waals surface area contributed by atoms with Gasteiger partial charge in [-0.25, -0.2) is 4.79 Å². The Bertz CT molecular complexity index is 1210. The van der Waals surface area contributed by atoms with Gasteiger partial charge in [0.2, 0.25) is 5.91 Å². The number of carbonyl (C=O) groups is 4. The molecule has 0 radical (unpaired) electrons. The van der Waals surface area contributed by atoms with Crippen LogP contribution in [0.4, 0.5) is 0 Å². The highest BCUT2D eigenvalue weighted by atomic mass is 16.5. The summed E-state index contributed by atoms with van der Waals surface area (Å²) < 4.78 is 10.2. The first-order valence-corrected chi connectivity index (χ1v) is 11.2. The first kappa shape index (κ1) is 25.4. The molecule has 0 fully saturated rings. The Kier molecular flexibility index (Phi) is 7.69. The Labute approximate surface area is 206 Å². The summed E-state index contributed by atoms with van der Waals surface area (Å²) in [4.78, 5) is 48.5. The van der Waals surface area contributed by atoms with Crippen LogP contribution in [0.2, 0.25) is 0 Å². The summed E-state index contributed by atoms with van der Waals surface area (Å²) in [5, 5.41) is 36.3. The van der Waals surface area contributed by atoms with E-state index >= 15 is 0 Å². The summed E-state index contributed by atoms with van der Waals surface area (Å²) in [7, 11) is -2.23. The van der Waals surface area contributed by atoms with E-state index in [1.165, 1.54) is 18.2 Å². The van der Waals surface area contributed by atoms with Crippen molar-refractivity contribution in [1.82, 2.24) is 16.0 Å². The Hall–Kier alpha value is -3.71. The number of hydrogen-bond donors (Lipinski definition) is 6. The van der Waals surface area contributed by atoms with Crippen LogP contribution in [0.25, 0.3) is 0 Å². The van der Waals surface area contributed by atoms with Gasteiger partial charge in [-0.3, -0.25) is 14.4 Å². The molecule has 186 valence electrons. The average molecular weight is 495 g/mol. The molecule has 2 aliphatic heterocycles. The number of carbonyl (C=O) groups excluding carboxylic acids is 3. The van der Waals surface area contributed by atoms with Crippen LogP contribution in [0.1, 0.15) is 38.3 Å². The molecule has 36 heavy (non-hydrogen) atoms. The van der Waals surface area contributed by atoms with Crippen LogP contribution in [0.15, 0.2) is 36.4 Å². The average Bonchev–Trinajstić information content (AvgIpc) is 3.42. The summed E-state index contributed by atoms with van der Waals surface area (Å²) in [5.74, 6) is -2.99. The van der Waals surface area contributed by atoms with Crippen molar-refractivity contribution in [2.24, 2.45) is 0 Å². The van der Waals surface area contributed by atoms with Gasteiger partial charge in [-0.2, -0.15) is 0 Å². The van der Waals surface area contributed by atoms with Gasteiger partial charge in [-0.1, -0.05) is 12.1 Å². The topological polar surface area (TPSA) is 184 Å². The minimum atomic E-state index is -1.40. The van der Waals surface area contributed by atoms with Gasteiger partial charge >= 0.3 is 20.2 Å². The summed E-state index contributed by atoms with van der Waals surface area (Å²) in [6.45, 7) is 0.105. The van der Waals surface area contributed by atoms with Gasteiger partial charge in [-0.05, 0) is 46.3 Å². The van der Waals surface area contributed by atoms with Gasteiger partial charge in [0, 0.05) is 30.6 Å². The van der Waals surface area contributed by atoms with E-state index in [0.29, 0.717) is 16.5 Å². The zero-order chi connectivity index (χ0) is 25.8. The number of amides is 3. The minimum Gasteiger partial charge on any atom is -0.480 e. The van der Waals surface area contributed by atoms with Crippen LogP contribution in [0.5, 0.6) is 0 Å². The van der Waals surface area contributed by atoms with Gasteiger partial charge < -0.3 is 40.4 Å². The fourth-order valence-electron chi connectivity index (χ4n) is 3.85. The van der Waals surface area contributed by atoms with Crippen molar-refractivity contribution in [3.8, 4) is 0 Å². The number of rotatable bonds is 9. The lowest BCUT2D eigenvalue weighted by molar-refractivity contribution is -0.139. The molecule has 2 aliphatic rings. The third kappa shape index (κ3) is 5.74. The van der Waals surface area contributed by atoms with Crippen LogP contribution in [0.3, 0.4) is 0 Å². The van der Waals surface area contributed by atoms with Crippen LogP contribution < -0.4 is 26.9 Å². The molecule has 1 atom stereocenters. The molecular weight excluding hydrogens is 472 g/mol. The minimum absolute atomic E-state index is 0.00950. The maximum atomic E-state index is 12.5. The molecule has 0 saturated carbocycles. The van der Waals surface area contributed by atoms with E-state index in [9.17, 15) is 34.3 Å². The lowest BCUT2D eigenvalue weighted by Crippen LogP contribution is -2.48. The van der Waals surface area contributed by atoms with Crippen LogP contribution in [0, 0.1) is 0 Å². The molecule has 2 aromatic carbocycles. The van der Waals surface area contributed by atoms with Crippen molar-refractivity contribution >= 4 is 48.9 Å². The van der Waals surface area contributed by atoms with Crippen molar-refractivity contribution in [2.75, 3.05) is 13.1 Å². The second kappa shape index (κ2) is 10.9. The predicted octanol–water partition coefficient (Wildman–Crippen LogP) is -2.76. The lowest BCUT2D eigenvalue weighted by Gasteiger charge is -2.16. The van der Waals surface area contributed by atoms with E-state index in [1.54, 1.807) is 18.2 Å². The van der Waals surface area contributed by atoms with Crippen LogP contribution in [-0.2, 0) is 32.1 Å². The first-order valence-electron chi connectivity index (χ1n) is 11.2. The van der Waals surface area contributed by atoms with Crippen LogP contribution in [-0.4, -0.2) is 72.2 Å². The van der Waals surface area contributed by atoms with E-state index in [1.807, 2.05) is 0 Å². The SMILES string of the molecule is O=C(CCNC(=O)c1ccc2c(c1)B(O)OC2)NC[C@H](NC(=O)c1ccc2c(c1)B(O)OC2)C(=O)O. The molecule has 0 bridgehead atoms. The number of hydrogen-bond acceptors (Lipinski definition) is 8. The zero-order valence-electron chi connectivity index (χ0n) is 19.0. The van der Waals surface area contributed by atoms with E-state index < -0.39 is 44.0 Å². The number of carboxylic acids is 1. The highest BCUT2D eigenvalue weighted by Gasteiger charge is 2.29. The lowest BCUT2D eigenvalue weighted by atomic mass is 9.79. The van der Waals surface area contributed by atoms with Gasteiger partial charge in [0.05, 0.1) is 13.2 Å². The van der Waals surface area contributed by atoms with E-state index in [2.05, 4.69) is 16.0 Å². The molecule has 14 heteroatoms. The smallest absolute Gasteiger partial charge is 0.480 e. The highest BCUT2D eigenvalue weighted by molar-refractivity contribution is 6.62. The molecule has 12 nitrogen and oxygen atoms in total. The van der Waals surface area contributed by atoms with Gasteiger partial charge in [0.15, 0.2) is 0 Å². The Morgan fingerprint density at radius 1 is 0.861 bits per heavy atom. The maximum absolute atomic E-state index is 12.5. The fourth-order valence-corrected chi connectivity index (χ4v) is 3.85. The molecule has 3 amide bonds. The summed E-state index contributed by atoms with van der Waals surface area (Å²) in [5.41, 5.74) is 2.93. The van der Waals surface area contributed by atoms with Gasteiger partial charge in [0.1, 0.15) is 6.04 Å². The predicted molar refractivity (Wildman–Crippen MR) is 127 cm³/mol. The summed E-state index contributed by atoms with van der Waals surface area (Å²) >= 11 is 0. The van der Waals surface area contributed by atoms with Crippen molar-refractivity contribution < 1.29 is 43.6 Å². The molecule has 2 heterocycles. The molecule has 0 aliphatic carbocycles. The highest BCUT2D eigenvalue weighted by Crippen LogP contribution is 2.12. The number of aliphatic carboxylic acids is 1. The first-order chi connectivity index (χ1) is 17.2. The van der Waals surface area contributed by atoms with Crippen molar-refractivity contribution in [1.29, 1.82) is 0 Å². The number of benzene rings is 2. The number of nitrogens with one attached hydrogen (secondary N) is 3. The van der Waals surface area contributed by atoms with E-state index in [-0.39, 0.29) is 38.3 Å². The quantitative estimate of drug-likeness (QED) is 0.201. The Morgan fingerprint density at radius 3 is 1.97 bits per heavy atom. The van der Waals surface area contributed by atoms with Crippen LogP contribution >= 0.6 is 0 Å². The molecule has 6 N–H and O–H groups in total. The Balaban J connectivity index is 1.23. The third-order valence-corrected chi connectivity index (χ3v) is 5.89. The number of fused-ring (bicyclic) bond motifs is 2. The van der Waals surface area contributed by atoms with Crippen molar-refractivity contribution in [3.05, 3.63) is 58.7 Å². The van der Waals surface area contributed by atoms with Crippen molar-refractivity contribution in [3.63, 3.8) is 0 Å². The molecule has 0 spiro atoms. The number of carboxylic acid groups (broad SMARTS) is 1. The molecular formula is C22H23B2N3O9. The molecule has 0 aromatic heterocycles. The second-order valence-electron chi connectivity index (χ2n) is 8.33. The summed E-state index contributed by atoms with van der Waals surface area (Å²) in [6.07, 6.45) is -0.120. The standard InChI is InChI=1S/C22H23B2N3O9/c28-19(5-6-25-20(29)12-1-3-14-10-35-23(33)16(14)7-12)26-9-18(22(31)32)27-21(30)13-2-4-15-11-36-24(34)17(15)8-13/h1-4,7-8,18,33-34H,5-6,9-11H2,(H,25,29)(H,26,28)(H,27,30)(H,31,32)/t18-/m0/s1. The second-order valence-corrected chi connectivity index (χ2v) is 8.33. The zero-order valence-corrected chi connectivity index (χ0v) is 19.0. The molecule has 4 rings (SSSR count). The van der Waals surface area contributed by atoms with Gasteiger partial charge in [-0.15, -0.1) is 0 Å².